The van der Waals surface area contributed by atoms with Gasteiger partial charge in [0.15, 0.2) is 16.5 Å². The van der Waals surface area contributed by atoms with E-state index in [2.05, 4.69) is 23.8 Å². The van der Waals surface area contributed by atoms with Crippen LogP contribution in [-0.2, 0) is 14.3 Å². The highest BCUT2D eigenvalue weighted by Crippen LogP contribution is 2.39. The first-order chi connectivity index (χ1) is 11.4. The largest absolute Gasteiger partial charge is 0.451 e. The normalized spacial score (nSPS) is 23.8. The highest BCUT2D eigenvalue weighted by Gasteiger charge is 2.50. The first kappa shape index (κ1) is 17.0. The molecule has 5 nitrogen and oxygen atoms in total. The number of hydrogen-bond donors (Lipinski definition) is 1. The van der Waals surface area contributed by atoms with Crippen molar-refractivity contribution in [1.82, 2.24) is 9.97 Å². The van der Waals surface area contributed by atoms with Gasteiger partial charge in [0, 0.05) is 5.92 Å². The van der Waals surface area contributed by atoms with Crippen LogP contribution in [0.1, 0.15) is 33.6 Å². The van der Waals surface area contributed by atoms with Crippen molar-refractivity contribution in [3.05, 3.63) is 24.3 Å². The van der Waals surface area contributed by atoms with Crippen molar-refractivity contribution in [2.75, 3.05) is 5.75 Å². The van der Waals surface area contributed by atoms with Crippen LogP contribution in [0.4, 0.5) is 0 Å². The van der Waals surface area contributed by atoms with E-state index in [-0.39, 0.29) is 23.4 Å². The second-order valence-electron chi connectivity index (χ2n) is 6.88. The molecule has 0 unspecified atom stereocenters. The zero-order valence-electron chi connectivity index (χ0n) is 14.2. The lowest BCUT2D eigenvalue weighted by Gasteiger charge is -2.28. The summed E-state index contributed by atoms with van der Waals surface area (Å²) < 4.78 is 5.44. The number of nitrogens with one attached hydrogen (secondary N) is 1. The van der Waals surface area contributed by atoms with Crippen molar-refractivity contribution in [2.45, 2.75) is 44.4 Å². The van der Waals surface area contributed by atoms with E-state index >= 15 is 0 Å². The maximum Gasteiger partial charge on any atom is 0.307 e. The number of hydrogen-bond acceptors (Lipinski definition) is 5. The molecule has 3 rings (SSSR count). The highest BCUT2D eigenvalue weighted by atomic mass is 32.2. The van der Waals surface area contributed by atoms with Crippen molar-refractivity contribution in [1.29, 1.82) is 0 Å². The van der Waals surface area contributed by atoms with Gasteiger partial charge in [-0.25, -0.2) is 4.98 Å². The lowest BCUT2D eigenvalue weighted by molar-refractivity contribution is -0.156. The van der Waals surface area contributed by atoms with Gasteiger partial charge in [0.2, 0.25) is 0 Å². The number of thioether (sulfide) groups is 1. The SMILES string of the molecule is CC(C)C[C@H]1CC(=O)O[C@]1(C)C(=O)CSc1nc2ccccc2[nH]1. The molecule has 6 heteroatoms. The fourth-order valence-electron chi connectivity index (χ4n) is 3.19. The zero-order chi connectivity index (χ0) is 17.3. The predicted octanol–water partition coefficient (Wildman–Crippen LogP) is 3.59. The Morgan fingerprint density at radius 3 is 2.92 bits per heavy atom. The van der Waals surface area contributed by atoms with Crippen LogP contribution in [0.25, 0.3) is 11.0 Å². The summed E-state index contributed by atoms with van der Waals surface area (Å²) in [6, 6.07) is 7.75. The summed E-state index contributed by atoms with van der Waals surface area (Å²) in [7, 11) is 0. The Kier molecular flexibility index (Phi) is 4.67. The minimum absolute atomic E-state index is 0.0474. The van der Waals surface area contributed by atoms with Gasteiger partial charge < -0.3 is 9.72 Å². The van der Waals surface area contributed by atoms with Crippen LogP contribution < -0.4 is 0 Å². The molecule has 0 spiro atoms. The molecule has 2 aromatic rings. The molecule has 1 saturated heterocycles. The first-order valence-electron chi connectivity index (χ1n) is 8.21. The first-order valence-corrected chi connectivity index (χ1v) is 9.19. The standard InChI is InChI=1S/C18H22N2O3S/c1-11(2)8-12-9-16(22)23-18(12,3)15(21)10-24-17-19-13-6-4-5-7-14(13)20-17/h4-7,11-12H,8-10H2,1-3H3,(H,19,20)/t12-,18-/m0/s1. The number of para-hydroxylation sites is 2. The second kappa shape index (κ2) is 6.59. The zero-order valence-corrected chi connectivity index (χ0v) is 15.0. The molecule has 24 heavy (non-hydrogen) atoms. The lowest BCUT2D eigenvalue weighted by atomic mass is 9.80. The van der Waals surface area contributed by atoms with Gasteiger partial charge in [-0.2, -0.15) is 0 Å². The van der Waals surface area contributed by atoms with E-state index in [1.54, 1.807) is 6.92 Å². The maximum atomic E-state index is 12.8. The smallest absolute Gasteiger partial charge is 0.307 e. The molecular formula is C18H22N2O3S. The molecule has 2 atom stereocenters. The number of ether oxygens (including phenoxy) is 1. The molecule has 1 aromatic carbocycles. The summed E-state index contributed by atoms with van der Waals surface area (Å²) in [4.78, 5) is 32.2. The molecule has 0 aliphatic carbocycles. The number of fused-ring (bicyclic) bond motifs is 1. The number of aromatic amines is 1. The number of carbonyl (C=O) groups is 2. The average Bonchev–Trinajstić information content (AvgIpc) is 3.05. The van der Waals surface area contributed by atoms with Gasteiger partial charge in [0.05, 0.1) is 23.2 Å². The predicted molar refractivity (Wildman–Crippen MR) is 93.9 cm³/mol. The van der Waals surface area contributed by atoms with E-state index in [1.165, 1.54) is 11.8 Å². The number of rotatable bonds is 6. The summed E-state index contributed by atoms with van der Waals surface area (Å²) in [6.45, 7) is 5.94. The number of esters is 1. The highest BCUT2D eigenvalue weighted by molar-refractivity contribution is 7.99. The Morgan fingerprint density at radius 2 is 2.21 bits per heavy atom. The minimum atomic E-state index is -1.01. The van der Waals surface area contributed by atoms with Gasteiger partial charge in [0.1, 0.15) is 0 Å². The number of carbonyl (C=O) groups excluding carboxylic acids is 2. The molecule has 0 saturated carbocycles. The number of aromatic nitrogens is 2. The summed E-state index contributed by atoms with van der Waals surface area (Å²) in [5.74, 6) is 0.279. The third kappa shape index (κ3) is 3.34. The molecular weight excluding hydrogens is 324 g/mol. The van der Waals surface area contributed by atoms with Crippen LogP contribution in [0, 0.1) is 11.8 Å². The second-order valence-corrected chi connectivity index (χ2v) is 7.85. The van der Waals surface area contributed by atoms with E-state index in [9.17, 15) is 9.59 Å². The van der Waals surface area contributed by atoms with E-state index in [4.69, 9.17) is 4.74 Å². The monoisotopic (exact) mass is 346 g/mol. The van der Waals surface area contributed by atoms with Gasteiger partial charge in [-0.1, -0.05) is 37.7 Å². The molecule has 0 radical (unpaired) electrons. The molecule has 1 aromatic heterocycles. The summed E-state index contributed by atoms with van der Waals surface area (Å²) >= 11 is 1.35. The van der Waals surface area contributed by atoms with Gasteiger partial charge in [-0.15, -0.1) is 0 Å². The number of H-pyrrole nitrogens is 1. The number of benzene rings is 1. The molecule has 2 heterocycles. The van der Waals surface area contributed by atoms with E-state index in [1.807, 2.05) is 24.3 Å². The van der Waals surface area contributed by atoms with Crippen molar-refractivity contribution in [3.63, 3.8) is 0 Å². The van der Waals surface area contributed by atoms with E-state index < -0.39 is 5.60 Å². The van der Waals surface area contributed by atoms with Crippen LogP contribution in [0.15, 0.2) is 29.4 Å². The Hall–Kier alpha value is -1.82. The van der Waals surface area contributed by atoms with Gasteiger partial charge in [-0.05, 0) is 31.4 Å². The van der Waals surface area contributed by atoms with Crippen LogP contribution in [0.5, 0.6) is 0 Å². The fourth-order valence-corrected chi connectivity index (χ4v) is 4.09. The molecule has 1 fully saturated rings. The number of Topliss-reactive ketones (excluding diaryl/α,β-unsaturated/α-hetero) is 1. The van der Waals surface area contributed by atoms with Crippen LogP contribution >= 0.6 is 11.8 Å². The quantitative estimate of drug-likeness (QED) is 0.639. The lowest BCUT2D eigenvalue weighted by Crippen LogP contribution is -2.42. The number of ketones is 1. The minimum Gasteiger partial charge on any atom is -0.451 e. The van der Waals surface area contributed by atoms with Crippen molar-refractivity contribution >= 4 is 34.5 Å². The maximum absolute atomic E-state index is 12.8. The van der Waals surface area contributed by atoms with Crippen molar-refractivity contribution in [3.8, 4) is 0 Å². The summed E-state index contributed by atoms with van der Waals surface area (Å²) in [6.07, 6.45) is 1.14. The third-order valence-corrected chi connectivity index (χ3v) is 5.41. The van der Waals surface area contributed by atoms with E-state index in [0.29, 0.717) is 17.5 Å². The van der Waals surface area contributed by atoms with Crippen molar-refractivity contribution < 1.29 is 14.3 Å². The number of cyclic esters (lactones) is 1. The average molecular weight is 346 g/mol. The Bertz CT molecular complexity index is 737. The summed E-state index contributed by atoms with van der Waals surface area (Å²) in [5.41, 5.74) is 0.813. The molecule has 1 aliphatic rings. The van der Waals surface area contributed by atoms with Crippen LogP contribution in [0.2, 0.25) is 0 Å². The molecule has 0 bridgehead atoms. The Balaban J connectivity index is 1.69. The molecule has 0 amide bonds. The topological polar surface area (TPSA) is 72.1 Å². The Labute approximate surface area is 145 Å². The van der Waals surface area contributed by atoms with Crippen molar-refractivity contribution in [2.24, 2.45) is 11.8 Å². The Morgan fingerprint density at radius 1 is 1.46 bits per heavy atom. The summed E-state index contributed by atoms with van der Waals surface area (Å²) in [5, 5.41) is 0.706. The van der Waals surface area contributed by atoms with Gasteiger partial charge in [-0.3, -0.25) is 9.59 Å². The number of imidazole rings is 1. The fraction of sp³-hybridized carbons (Fsp3) is 0.500. The molecule has 1 N–H and O–H groups in total. The number of nitrogens with zero attached hydrogens (tertiary/aromatic N) is 1. The molecule has 1 aliphatic heterocycles. The van der Waals surface area contributed by atoms with Crippen LogP contribution in [-0.4, -0.2) is 33.1 Å². The van der Waals surface area contributed by atoms with Gasteiger partial charge >= 0.3 is 5.97 Å². The van der Waals surface area contributed by atoms with E-state index in [0.717, 1.165) is 17.5 Å². The van der Waals surface area contributed by atoms with Crippen LogP contribution in [0.3, 0.4) is 0 Å². The van der Waals surface area contributed by atoms with Gasteiger partial charge in [0.25, 0.3) is 0 Å². The molecule has 128 valence electrons. The third-order valence-electron chi connectivity index (χ3n) is 4.54.